The topological polar surface area (TPSA) is 52.6 Å². The zero-order chi connectivity index (χ0) is 12.5. The van der Waals surface area contributed by atoms with E-state index in [2.05, 4.69) is 5.32 Å². The lowest BCUT2D eigenvalue weighted by molar-refractivity contribution is 0.163. The molecule has 0 bridgehead atoms. The van der Waals surface area contributed by atoms with Crippen molar-refractivity contribution in [1.29, 1.82) is 0 Å². The molecule has 1 fully saturated rings. The summed E-state index contributed by atoms with van der Waals surface area (Å²) in [6, 6.07) is 7.91. The van der Waals surface area contributed by atoms with Gasteiger partial charge in [0.2, 0.25) is 0 Å². The molecule has 0 spiro atoms. The summed E-state index contributed by atoms with van der Waals surface area (Å²) in [5.74, 6) is 0. The quantitative estimate of drug-likeness (QED) is 0.798. The zero-order valence-electron chi connectivity index (χ0n) is 10.3. The fourth-order valence-corrected chi connectivity index (χ4v) is 2.56. The van der Waals surface area contributed by atoms with Crippen molar-refractivity contribution in [3.8, 4) is 0 Å². The predicted octanol–water partition coefficient (Wildman–Crippen LogP) is 2.19. The second kappa shape index (κ2) is 4.61. The lowest BCUT2D eigenvalue weighted by atomic mass is 9.93. The van der Waals surface area contributed by atoms with E-state index in [-0.39, 0.29) is 6.03 Å². The lowest BCUT2D eigenvalue weighted by Crippen LogP contribution is -2.49. The van der Waals surface area contributed by atoms with Crippen molar-refractivity contribution in [2.24, 2.45) is 0 Å². The smallest absolute Gasteiger partial charge is 0.322 e. The first-order valence-electron chi connectivity index (χ1n) is 6.61. The number of aliphatic hydroxyl groups is 1. The molecule has 18 heavy (non-hydrogen) atoms. The van der Waals surface area contributed by atoms with E-state index in [1.807, 2.05) is 24.3 Å². The van der Waals surface area contributed by atoms with Crippen LogP contribution in [0.25, 0.3) is 0 Å². The maximum Gasteiger partial charge on any atom is 0.322 e. The Labute approximate surface area is 107 Å². The van der Waals surface area contributed by atoms with Crippen molar-refractivity contribution in [3.05, 3.63) is 29.8 Å². The van der Waals surface area contributed by atoms with Crippen LogP contribution >= 0.6 is 0 Å². The normalized spacial score (nSPS) is 23.2. The Morgan fingerprint density at radius 1 is 1.28 bits per heavy atom. The zero-order valence-corrected chi connectivity index (χ0v) is 10.3. The Kier molecular flexibility index (Phi) is 2.96. The summed E-state index contributed by atoms with van der Waals surface area (Å²) in [6.45, 7) is 0.580. The number of amides is 2. The second-order valence-corrected chi connectivity index (χ2v) is 5.09. The van der Waals surface area contributed by atoms with Gasteiger partial charge < -0.3 is 10.4 Å². The molecule has 0 radical (unpaired) electrons. The minimum absolute atomic E-state index is 0.0287. The third-order valence-electron chi connectivity index (χ3n) is 3.89. The molecule has 1 aromatic rings. The number of aliphatic hydroxyl groups excluding tert-OH is 1. The van der Waals surface area contributed by atoms with E-state index >= 15 is 0 Å². The number of hydrogen-bond donors (Lipinski definition) is 2. The van der Waals surface area contributed by atoms with E-state index in [4.69, 9.17) is 0 Å². The number of benzene rings is 1. The molecule has 0 saturated heterocycles. The molecule has 2 N–H and O–H groups in total. The minimum Gasteiger partial charge on any atom is -0.388 e. The lowest BCUT2D eigenvalue weighted by Gasteiger charge is -2.35. The highest BCUT2D eigenvalue weighted by molar-refractivity contribution is 5.93. The van der Waals surface area contributed by atoms with Gasteiger partial charge in [-0.05, 0) is 31.7 Å². The first-order valence-corrected chi connectivity index (χ1v) is 6.61. The van der Waals surface area contributed by atoms with Gasteiger partial charge in [-0.3, -0.25) is 4.90 Å². The van der Waals surface area contributed by atoms with E-state index in [0.717, 1.165) is 24.1 Å². The number of carbonyl (C=O) groups is 1. The average Bonchev–Trinajstić information content (AvgIpc) is 2.34. The number of urea groups is 1. The molecule has 2 amide bonds. The average molecular weight is 246 g/mol. The molecule has 1 aliphatic heterocycles. The first kappa shape index (κ1) is 11.5. The summed E-state index contributed by atoms with van der Waals surface area (Å²) in [5.41, 5.74) is 1.69. The van der Waals surface area contributed by atoms with Gasteiger partial charge in [0.15, 0.2) is 0 Å². The fourth-order valence-electron chi connectivity index (χ4n) is 2.56. The summed E-state index contributed by atoms with van der Waals surface area (Å²) < 4.78 is 0. The van der Waals surface area contributed by atoms with E-state index < -0.39 is 6.10 Å². The number of nitrogens with zero attached hydrogens (tertiary/aromatic N) is 1. The molecule has 1 aliphatic carbocycles. The molecule has 0 aromatic heterocycles. The van der Waals surface area contributed by atoms with Crippen LogP contribution in [0.15, 0.2) is 24.3 Å². The molecule has 1 heterocycles. The van der Waals surface area contributed by atoms with Gasteiger partial charge in [0.25, 0.3) is 0 Å². The van der Waals surface area contributed by atoms with Crippen LogP contribution in [0.1, 0.15) is 37.4 Å². The van der Waals surface area contributed by atoms with Crippen LogP contribution in [0.4, 0.5) is 10.5 Å². The van der Waals surface area contributed by atoms with Crippen LogP contribution in [0.5, 0.6) is 0 Å². The second-order valence-electron chi connectivity index (χ2n) is 5.09. The standard InChI is InChI=1S/C14H18N2O2/c17-13-8-9-16(12-7-2-1-6-11(12)13)14(18)15-10-4-3-5-10/h1-2,6-7,10,13,17H,3-5,8-9H2,(H,15,18). The van der Waals surface area contributed by atoms with Gasteiger partial charge in [-0.25, -0.2) is 4.79 Å². The van der Waals surface area contributed by atoms with Gasteiger partial charge in [-0.1, -0.05) is 18.2 Å². The summed E-state index contributed by atoms with van der Waals surface area (Å²) >= 11 is 0. The molecule has 1 atom stereocenters. The van der Waals surface area contributed by atoms with E-state index in [1.165, 1.54) is 6.42 Å². The Balaban J connectivity index is 1.80. The Hall–Kier alpha value is -1.55. The molecule has 1 unspecified atom stereocenters. The SMILES string of the molecule is O=C(NC1CCC1)N1CCC(O)c2ccccc21. The highest BCUT2D eigenvalue weighted by Gasteiger charge is 2.29. The van der Waals surface area contributed by atoms with Crippen LogP contribution in [0.3, 0.4) is 0 Å². The predicted molar refractivity (Wildman–Crippen MR) is 69.5 cm³/mol. The van der Waals surface area contributed by atoms with Crippen LogP contribution in [0, 0.1) is 0 Å². The molecule has 1 aromatic carbocycles. The summed E-state index contributed by atoms with van der Waals surface area (Å²) in [6.07, 6.45) is 3.54. The van der Waals surface area contributed by atoms with Gasteiger partial charge in [-0.2, -0.15) is 0 Å². The number of rotatable bonds is 1. The van der Waals surface area contributed by atoms with Crippen LogP contribution in [-0.4, -0.2) is 23.7 Å². The summed E-state index contributed by atoms with van der Waals surface area (Å²) in [7, 11) is 0. The van der Waals surface area contributed by atoms with Gasteiger partial charge >= 0.3 is 6.03 Å². The van der Waals surface area contributed by atoms with E-state index in [1.54, 1.807) is 4.90 Å². The fraction of sp³-hybridized carbons (Fsp3) is 0.500. The van der Waals surface area contributed by atoms with Gasteiger partial charge in [-0.15, -0.1) is 0 Å². The number of anilines is 1. The number of para-hydroxylation sites is 1. The number of carbonyl (C=O) groups excluding carboxylic acids is 1. The van der Waals surface area contributed by atoms with Gasteiger partial charge in [0, 0.05) is 18.2 Å². The van der Waals surface area contributed by atoms with Crippen LogP contribution < -0.4 is 10.2 Å². The molecule has 4 nitrogen and oxygen atoms in total. The Bertz CT molecular complexity index is 457. The van der Waals surface area contributed by atoms with Crippen molar-refractivity contribution in [3.63, 3.8) is 0 Å². The van der Waals surface area contributed by atoms with E-state index in [0.29, 0.717) is 19.0 Å². The van der Waals surface area contributed by atoms with Gasteiger partial charge in [0.1, 0.15) is 0 Å². The molecule has 1 saturated carbocycles. The number of nitrogens with one attached hydrogen (secondary N) is 1. The van der Waals surface area contributed by atoms with Crippen molar-refractivity contribution in [1.82, 2.24) is 5.32 Å². The van der Waals surface area contributed by atoms with Crippen molar-refractivity contribution < 1.29 is 9.90 Å². The minimum atomic E-state index is -0.450. The van der Waals surface area contributed by atoms with Crippen molar-refractivity contribution in [2.75, 3.05) is 11.4 Å². The molecular weight excluding hydrogens is 228 g/mol. The van der Waals surface area contributed by atoms with Crippen LogP contribution in [0.2, 0.25) is 0 Å². The monoisotopic (exact) mass is 246 g/mol. The Morgan fingerprint density at radius 2 is 2.06 bits per heavy atom. The summed E-state index contributed by atoms with van der Waals surface area (Å²) in [5, 5.41) is 13.0. The maximum absolute atomic E-state index is 12.2. The van der Waals surface area contributed by atoms with Crippen molar-refractivity contribution >= 4 is 11.7 Å². The highest BCUT2D eigenvalue weighted by Crippen LogP contribution is 2.33. The molecule has 3 rings (SSSR count). The third-order valence-corrected chi connectivity index (χ3v) is 3.89. The third kappa shape index (κ3) is 1.97. The maximum atomic E-state index is 12.2. The first-order chi connectivity index (χ1) is 8.75. The highest BCUT2D eigenvalue weighted by atomic mass is 16.3. The van der Waals surface area contributed by atoms with Crippen LogP contribution in [-0.2, 0) is 0 Å². The Morgan fingerprint density at radius 3 is 2.78 bits per heavy atom. The number of hydrogen-bond acceptors (Lipinski definition) is 2. The molecular formula is C14H18N2O2. The summed E-state index contributed by atoms with van der Waals surface area (Å²) in [4.78, 5) is 14.0. The van der Waals surface area contributed by atoms with Gasteiger partial charge in [0.05, 0.1) is 11.8 Å². The molecule has 2 aliphatic rings. The van der Waals surface area contributed by atoms with E-state index in [9.17, 15) is 9.90 Å². The van der Waals surface area contributed by atoms with Crippen molar-refractivity contribution in [2.45, 2.75) is 37.8 Å². The largest absolute Gasteiger partial charge is 0.388 e. The molecule has 96 valence electrons. The number of fused-ring (bicyclic) bond motifs is 1. The molecule has 4 heteroatoms.